The van der Waals surface area contributed by atoms with Crippen LogP contribution in [-0.4, -0.2) is 36.9 Å². The lowest BCUT2D eigenvalue weighted by molar-refractivity contribution is -0.115. The van der Waals surface area contributed by atoms with Gasteiger partial charge in [0.2, 0.25) is 5.91 Å². The van der Waals surface area contributed by atoms with E-state index >= 15 is 0 Å². The molecule has 140 valence electrons. The molecule has 0 aliphatic rings. The van der Waals surface area contributed by atoms with Crippen molar-refractivity contribution in [2.75, 3.05) is 24.3 Å². The van der Waals surface area contributed by atoms with Crippen LogP contribution in [0.4, 0.5) is 11.4 Å². The number of furan rings is 1. The summed E-state index contributed by atoms with van der Waals surface area (Å²) < 4.78 is 5.27. The van der Waals surface area contributed by atoms with Gasteiger partial charge in [-0.3, -0.25) is 9.59 Å². The molecule has 0 bridgehead atoms. The first-order chi connectivity index (χ1) is 12.3. The van der Waals surface area contributed by atoms with E-state index in [0.29, 0.717) is 18.7 Å². The molecule has 0 atom stereocenters. The molecule has 0 aliphatic heterocycles. The summed E-state index contributed by atoms with van der Waals surface area (Å²) in [6.07, 6.45) is 1.91. The van der Waals surface area contributed by atoms with Crippen LogP contribution < -0.4 is 10.2 Å². The van der Waals surface area contributed by atoms with E-state index in [-0.39, 0.29) is 17.9 Å². The molecule has 2 aromatic rings. The Hall–Kier alpha value is -2.76. The van der Waals surface area contributed by atoms with Crippen molar-refractivity contribution in [3.8, 4) is 0 Å². The molecule has 1 aromatic carbocycles. The van der Waals surface area contributed by atoms with Gasteiger partial charge in [-0.05, 0) is 49.7 Å². The fraction of sp³-hybridized carbons (Fsp3) is 0.400. The van der Waals surface area contributed by atoms with Crippen molar-refractivity contribution in [1.82, 2.24) is 4.90 Å². The van der Waals surface area contributed by atoms with Crippen molar-refractivity contribution < 1.29 is 14.0 Å². The minimum absolute atomic E-state index is 0.00324. The van der Waals surface area contributed by atoms with Crippen LogP contribution in [0.1, 0.15) is 43.3 Å². The molecule has 0 saturated heterocycles. The lowest BCUT2D eigenvalue weighted by atomic mass is 10.1. The van der Waals surface area contributed by atoms with E-state index in [2.05, 4.69) is 5.32 Å². The molecule has 0 radical (unpaired) electrons. The first-order valence-electron chi connectivity index (χ1n) is 8.78. The number of rotatable bonds is 7. The number of hydrogen-bond acceptors (Lipinski definition) is 4. The van der Waals surface area contributed by atoms with E-state index in [0.717, 1.165) is 16.9 Å². The average Bonchev–Trinajstić information content (AvgIpc) is 3.13. The van der Waals surface area contributed by atoms with Crippen LogP contribution in [0.25, 0.3) is 0 Å². The topological polar surface area (TPSA) is 65.8 Å². The predicted octanol–water partition coefficient (Wildman–Crippen LogP) is 3.74. The molecule has 1 N–H and O–H groups in total. The van der Waals surface area contributed by atoms with Crippen molar-refractivity contribution in [3.05, 3.63) is 47.9 Å². The van der Waals surface area contributed by atoms with Gasteiger partial charge in [0.25, 0.3) is 5.91 Å². The first kappa shape index (κ1) is 19.6. The Labute approximate surface area is 154 Å². The number of amides is 2. The van der Waals surface area contributed by atoms with Gasteiger partial charge in [0.1, 0.15) is 0 Å². The number of benzene rings is 1. The molecule has 1 heterocycles. The monoisotopic (exact) mass is 357 g/mol. The molecule has 1 aromatic heterocycles. The molecule has 6 heteroatoms. The zero-order chi connectivity index (χ0) is 19.3. The largest absolute Gasteiger partial charge is 0.459 e. The maximum absolute atomic E-state index is 12.8. The molecule has 0 spiro atoms. The van der Waals surface area contributed by atoms with Gasteiger partial charge in [0.15, 0.2) is 5.76 Å². The smallest absolute Gasteiger partial charge is 0.290 e. The molecule has 26 heavy (non-hydrogen) atoms. The second-order valence-electron chi connectivity index (χ2n) is 6.64. The summed E-state index contributed by atoms with van der Waals surface area (Å²) in [4.78, 5) is 28.3. The third-order valence-electron chi connectivity index (χ3n) is 4.12. The number of hydrogen-bond donors (Lipinski definition) is 1. The Morgan fingerprint density at radius 1 is 1.19 bits per heavy atom. The Kier molecular flexibility index (Phi) is 6.44. The van der Waals surface area contributed by atoms with E-state index in [4.69, 9.17) is 4.42 Å². The maximum Gasteiger partial charge on any atom is 0.290 e. The van der Waals surface area contributed by atoms with E-state index < -0.39 is 0 Å². The summed E-state index contributed by atoms with van der Waals surface area (Å²) in [5.74, 6) is 0.124. The van der Waals surface area contributed by atoms with Crippen molar-refractivity contribution >= 4 is 23.2 Å². The number of carbonyl (C=O) groups is 2. The number of carbonyl (C=O) groups excluding carboxylic acids is 2. The molecular formula is C20H27N3O3. The number of nitrogens with one attached hydrogen (secondary N) is 1. The van der Waals surface area contributed by atoms with Gasteiger partial charge in [0, 0.05) is 44.5 Å². The van der Waals surface area contributed by atoms with Crippen LogP contribution in [0, 0.1) is 0 Å². The van der Waals surface area contributed by atoms with Crippen molar-refractivity contribution in [2.24, 2.45) is 0 Å². The van der Waals surface area contributed by atoms with Crippen molar-refractivity contribution in [3.63, 3.8) is 0 Å². The third kappa shape index (κ3) is 4.65. The molecule has 2 rings (SSSR count). The highest BCUT2D eigenvalue weighted by atomic mass is 16.3. The van der Waals surface area contributed by atoms with Crippen LogP contribution in [-0.2, 0) is 11.3 Å². The Morgan fingerprint density at radius 3 is 2.46 bits per heavy atom. The lowest BCUT2D eigenvalue weighted by Crippen LogP contribution is -2.36. The van der Waals surface area contributed by atoms with Gasteiger partial charge in [-0.1, -0.05) is 6.92 Å². The maximum atomic E-state index is 12.8. The predicted molar refractivity (Wildman–Crippen MR) is 103 cm³/mol. The van der Waals surface area contributed by atoms with E-state index in [1.807, 2.05) is 58.0 Å². The van der Waals surface area contributed by atoms with Crippen LogP contribution in [0.3, 0.4) is 0 Å². The lowest BCUT2D eigenvalue weighted by Gasteiger charge is -2.28. The van der Waals surface area contributed by atoms with Crippen molar-refractivity contribution in [2.45, 2.75) is 39.8 Å². The quantitative estimate of drug-likeness (QED) is 0.820. The van der Waals surface area contributed by atoms with Crippen LogP contribution >= 0.6 is 0 Å². The van der Waals surface area contributed by atoms with Gasteiger partial charge >= 0.3 is 0 Å². The Balaban J connectivity index is 2.35. The molecule has 6 nitrogen and oxygen atoms in total. The molecule has 0 saturated carbocycles. The normalized spacial score (nSPS) is 10.7. The van der Waals surface area contributed by atoms with Gasteiger partial charge in [-0.25, -0.2) is 0 Å². The molecule has 0 fully saturated rings. The van der Waals surface area contributed by atoms with Gasteiger partial charge in [-0.15, -0.1) is 0 Å². The molecule has 0 aliphatic carbocycles. The van der Waals surface area contributed by atoms with Crippen LogP contribution in [0.15, 0.2) is 41.0 Å². The zero-order valence-corrected chi connectivity index (χ0v) is 16.1. The number of nitrogens with zero attached hydrogens (tertiary/aromatic N) is 2. The summed E-state index contributed by atoms with van der Waals surface area (Å²) in [6.45, 7) is 6.17. The van der Waals surface area contributed by atoms with Gasteiger partial charge < -0.3 is 19.5 Å². The second kappa shape index (κ2) is 8.56. The third-order valence-corrected chi connectivity index (χ3v) is 4.12. The summed E-state index contributed by atoms with van der Waals surface area (Å²) >= 11 is 0. The van der Waals surface area contributed by atoms with E-state index in [1.54, 1.807) is 17.0 Å². The average molecular weight is 357 g/mol. The standard InChI is InChI=1S/C20H27N3O3/c1-6-19(24)21-16-9-10-17(22(4)5)15(12-16)13-23(14(2)3)20(25)18-8-7-11-26-18/h7-12,14H,6,13H2,1-5H3,(H,21,24). The molecule has 0 unspecified atom stereocenters. The van der Waals surface area contributed by atoms with Crippen LogP contribution in [0.2, 0.25) is 0 Å². The van der Waals surface area contributed by atoms with E-state index in [9.17, 15) is 9.59 Å². The SMILES string of the molecule is CCC(=O)Nc1ccc(N(C)C)c(CN(C(=O)c2ccco2)C(C)C)c1. The fourth-order valence-corrected chi connectivity index (χ4v) is 2.69. The highest BCUT2D eigenvalue weighted by Gasteiger charge is 2.23. The zero-order valence-electron chi connectivity index (χ0n) is 16.1. The minimum Gasteiger partial charge on any atom is -0.459 e. The van der Waals surface area contributed by atoms with Gasteiger partial charge in [-0.2, -0.15) is 0 Å². The molecular weight excluding hydrogens is 330 g/mol. The van der Waals surface area contributed by atoms with Gasteiger partial charge in [0.05, 0.1) is 6.26 Å². The summed E-state index contributed by atoms with van der Waals surface area (Å²) in [5, 5.41) is 2.88. The highest BCUT2D eigenvalue weighted by Crippen LogP contribution is 2.26. The Bertz CT molecular complexity index is 752. The van der Waals surface area contributed by atoms with E-state index in [1.165, 1.54) is 6.26 Å². The molecule has 2 amide bonds. The van der Waals surface area contributed by atoms with Crippen LogP contribution in [0.5, 0.6) is 0 Å². The Morgan fingerprint density at radius 2 is 1.92 bits per heavy atom. The fourth-order valence-electron chi connectivity index (χ4n) is 2.69. The first-order valence-corrected chi connectivity index (χ1v) is 8.78. The summed E-state index contributed by atoms with van der Waals surface area (Å²) in [7, 11) is 3.91. The minimum atomic E-state index is -0.155. The van der Waals surface area contributed by atoms with Crippen molar-refractivity contribution in [1.29, 1.82) is 0 Å². The second-order valence-corrected chi connectivity index (χ2v) is 6.64. The summed E-state index contributed by atoms with van der Waals surface area (Å²) in [6, 6.07) is 9.13. The number of anilines is 2. The highest BCUT2D eigenvalue weighted by molar-refractivity contribution is 5.92. The summed E-state index contributed by atoms with van der Waals surface area (Å²) in [5.41, 5.74) is 2.68.